The Labute approximate surface area is 743 Å². The van der Waals surface area contributed by atoms with E-state index in [0.29, 0.717) is 41.0 Å². The van der Waals surface area contributed by atoms with Crippen molar-refractivity contribution in [3.8, 4) is 22.6 Å². The average molecular weight is 1770 g/mol. The van der Waals surface area contributed by atoms with E-state index in [2.05, 4.69) is 53.2 Å². The average Bonchev–Trinajstić information content (AvgIpc) is 1.82. The number of likely N-dealkylation sites (tertiary alicyclic amines) is 1. The minimum Gasteiger partial charge on any atom is -0.488 e. The highest BCUT2D eigenvalue weighted by molar-refractivity contribution is 8.76. The van der Waals surface area contributed by atoms with Crippen LogP contribution in [0.25, 0.3) is 11.1 Å². The number of carbonyl (C=O) groups is 11. The Morgan fingerprint density at radius 2 is 1.11 bits per heavy atom. The van der Waals surface area contributed by atoms with Crippen LogP contribution < -0.4 is 74.1 Å². The van der Waals surface area contributed by atoms with Crippen LogP contribution in [0.2, 0.25) is 0 Å². The van der Waals surface area contributed by atoms with Crippen molar-refractivity contribution in [1.82, 2.24) is 58.1 Å². The van der Waals surface area contributed by atoms with Crippen LogP contribution in [0, 0.1) is 5.92 Å². The number of aliphatic hydroxyl groups is 2. The molecule has 686 valence electrons. The maximum absolute atomic E-state index is 15.8. The van der Waals surface area contributed by atoms with Crippen molar-refractivity contribution in [3.05, 3.63) is 155 Å². The highest BCUT2D eigenvalue weighted by atomic mass is 33.1. The van der Waals surface area contributed by atoms with Gasteiger partial charge in [-0.05, 0) is 199 Å². The largest absolute Gasteiger partial charge is 0.488 e. The molecule has 33 heteroatoms. The van der Waals surface area contributed by atoms with Crippen molar-refractivity contribution in [2.24, 2.45) is 17.4 Å². The smallest absolute Gasteiger partial charge is 0.308 e. The van der Waals surface area contributed by atoms with Gasteiger partial charge >= 0.3 is 11.9 Å². The van der Waals surface area contributed by atoms with E-state index in [9.17, 15) is 24.6 Å². The van der Waals surface area contributed by atoms with Gasteiger partial charge in [-0.15, -0.1) is 0 Å². The second-order valence-corrected chi connectivity index (χ2v) is 39.7. The zero-order valence-corrected chi connectivity index (χ0v) is 77.1. The van der Waals surface area contributed by atoms with Gasteiger partial charge in [0.05, 0.1) is 43.2 Å². The van der Waals surface area contributed by atoms with E-state index in [1.54, 1.807) is 142 Å². The van der Waals surface area contributed by atoms with Crippen molar-refractivity contribution in [2.45, 2.75) is 296 Å². The maximum Gasteiger partial charge on any atom is 0.308 e. The summed E-state index contributed by atoms with van der Waals surface area (Å²) in [6, 6.07) is 22.4. The molecule has 5 aromatic carbocycles. The van der Waals surface area contributed by atoms with Gasteiger partial charge in [-0.3, -0.25) is 63.4 Å². The normalized spacial score (nSPS) is 20.9. The molecule has 5 aromatic rings. The number of aliphatic hydroxyl groups excluding tert-OH is 2. The molecule has 16 N–H and O–H groups in total. The first-order valence-corrected chi connectivity index (χ1v) is 45.1. The number of hydrogen-bond acceptors (Lipinski definition) is 24. The topological polar surface area (TPSA) is 450 Å². The van der Waals surface area contributed by atoms with E-state index >= 15 is 38.4 Å². The summed E-state index contributed by atoms with van der Waals surface area (Å²) in [7, 11) is 1.83. The Morgan fingerprint density at radius 1 is 0.576 bits per heavy atom. The first-order valence-electron chi connectivity index (χ1n) is 42.6. The first-order chi connectivity index (χ1) is 58.5. The molecule has 0 saturated carbocycles. The minimum absolute atomic E-state index is 0.00862. The standard InChI is InChI=1S/C92H133N13O18S2/c1-54(2)42-65(94)87(118)105-41-23-28-73(105)85(116)102-71-52-124-125-53-72(84(115)99-68(45-56-29-35-62(36-30-56)61-26-20-19-21-27-61)81(112)100-69(47-75(107)122-91(13,14)15)79(110)95-50-60-25-22-24-59(43-60)49-93)103-86(117)77(55(3)119-88(4,5)6)104-74(106)51-96-78(109)66(44-57-31-37-63(38-32-57)120-89(7,8)9)97-80(111)67(46-58-33-39-64(40-34-58)121-90(10,11)12)98-82(113)70(101-83(71)114)48-76(108)123-92(16,17)18/h19-22,24-27,29-40,43,54-55,65-74,77,79,95,104,106,110H,23,28,41-42,44-53,93-94H2,1-18H3,(H,96,109)(H,97,111)(H,98,113)(H,99,115)(H,100,112)(H,101,114)(H,102,116)(H,103,117)/t55?,65-,66-,67-,68-,69-,70-,71-,72-,73-,74+,77-,79+/m0/s1. The summed E-state index contributed by atoms with van der Waals surface area (Å²) in [6.45, 7) is 31.3. The van der Waals surface area contributed by atoms with E-state index in [1.807, 2.05) is 110 Å². The molecule has 2 aliphatic rings. The molecule has 13 atom stereocenters. The van der Waals surface area contributed by atoms with Crippen LogP contribution in [-0.4, -0.2) is 212 Å². The predicted molar refractivity (Wildman–Crippen MR) is 482 cm³/mol. The van der Waals surface area contributed by atoms with Gasteiger partial charge in [0.1, 0.15) is 94.7 Å². The highest BCUT2D eigenvalue weighted by Crippen LogP contribution is 2.29. The number of β-amino-alcohol motifs (C(OH)–C–C–N with tert-alkyl or cyclic N) is 1. The molecule has 0 bridgehead atoms. The molecule has 0 aromatic heterocycles. The molecule has 31 nitrogen and oxygen atoms in total. The SMILES string of the molecule is CC(C)C[C@H](N)C(=O)N1CCC[C@H]1C(=O)N[C@H]1CSSC[C@@H](C(=O)N[C@@H](Cc2ccc(-c3ccccc3)cc2)C(=O)N[C@@H](CC(=O)OC(C)(C)C)[C@@H](O)NCc2cccc(CN)c2)NC(=O)[C@H](C(C)OC(C)(C)C)N[C@H](O)CNC(=O)[C@H](Cc2ccc(OC(C)(C)C)cc2)NC(=O)[C@H](Cc2ccc(OC(C)(C)C)cc2)NC(=O)[C@H](CC(=O)OC(C)(C)C)NC1=O. The number of hydrogen-bond donors (Lipinski definition) is 14. The number of amides is 9. The monoisotopic (exact) mass is 1770 g/mol. The molecular weight excluding hydrogens is 1640 g/mol. The second-order valence-electron chi connectivity index (χ2n) is 37.1. The van der Waals surface area contributed by atoms with Crippen LogP contribution in [-0.2, 0) is 99.3 Å². The van der Waals surface area contributed by atoms with Crippen LogP contribution in [0.4, 0.5) is 0 Å². The highest BCUT2D eigenvalue weighted by Gasteiger charge is 2.42. The Hall–Kier alpha value is -9.71. The summed E-state index contributed by atoms with van der Waals surface area (Å²) >= 11 is 0. The molecule has 7 rings (SSSR count). The number of carbonyl (C=O) groups excluding carboxylic acids is 11. The molecule has 2 heterocycles. The van der Waals surface area contributed by atoms with Crippen LogP contribution in [0.1, 0.15) is 185 Å². The lowest BCUT2D eigenvalue weighted by Crippen LogP contribution is -2.62. The van der Waals surface area contributed by atoms with Gasteiger partial charge < -0.3 is 92.8 Å². The lowest BCUT2D eigenvalue weighted by Gasteiger charge is -2.33. The molecule has 1 unspecified atom stereocenters. The van der Waals surface area contributed by atoms with E-state index in [0.717, 1.165) is 43.8 Å². The fourth-order valence-electron chi connectivity index (χ4n) is 13.9. The fourth-order valence-corrected chi connectivity index (χ4v) is 16.3. The lowest BCUT2D eigenvalue weighted by atomic mass is 9.99. The van der Waals surface area contributed by atoms with Crippen LogP contribution in [0.3, 0.4) is 0 Å². The molecule has 2 aliphatic heterocycles. The molecule has 0 aliphatic carbocycles. The van der Waals surface area contributed by atoms with Crippen LogP contribution >= 0.6 is 21.6 Å². The Balaban J connectivity index is 1.37. The number of nitrogens with one attached hydrogen (secondary N) is 10. The quantitative estimate of drug-likeness (QED) is 0.0138. The van der Waals surface area contributed by atoms with Gasteiger partial charge in [-0.25, -0.2) is 0 Å². The van der Waals surface area contributed by atoms with Gasteiger partial charge in [0.15, 0.2) is 0 Å². The molecule has 2 fully saturated rings. The number of benzene rings is 5. The zero-order valence-electron chi connectivity index (χ0n) is 75.5. The van der Waals surface area contributed by atoms with Crippen LogP contribution in [0.5, 0.6) is 11.5 Å². The van der Waals surface area contributed by atoms with E-state index in [4.69, 9.17) is 35.2 Å². The molecule has 0 spiro atoms. The summed E-state index contributed by atoms with van der Waals surface area (Å²) in [6.07, 6.45) is -5.85. The van der Waals surface area contributed by atoms with Gasteiger partial charge in [0.2, 0.25) is 53.2 Å². The number of ether oxygens (including phenoxy) is 5. The van der Waals surface area contributed by atoms with E-state index < -0.39 is 203 Å². The van der Waals surface area contributed by atoms with Crippen molar-refractivity contribution >= 4 is 86.7 Å². The molecule has 0 radical (unpaired) electrons. The minimum atomic E-state index is -1.88. The van der Waals surface area contributed by atoms with Crippen molar-refractivity contribution in [1.29, 1.82) is 0 Å². The molecule has 9 amide bonds. The summed E-state index contributed by atoms with van der Waals surface area (Å²) in [5, 5.41) is 52.4. The number of rotatable bonds is 29. The third kappa shape index (κ3) is 35.9. The lowest BCUT2D eigenvalue weighted by molar-refractivity contribution is -0.157. The molecule has 2 saturated heterocycles. The summed E-state index contributed by atoms with van der Waals surface area (Å²) in [4.78, 5) is 167. The fraction of sp³-hybridized carbons (Fsp3) is 0.554. The third-order valence-corrected chi connectivity index (χ3v) is 21.9. The summed E-state index contributed by atoms with van der Waals surface area (Å²) in [5.41, 5.74) is 12.9. The number of nitrogens with zero attached hydrogens (tertiary/aromatic N) is 1. The van der Waals surface area contributed by atoms with E-state index in [1.165, 1.54) is 4.90 Å². The first kappa shape index (κ1) is 102. The van der Waals surface area contributed by atoms with Crippen molar-refractivity contribution < 1.29 is 86.6 Å². The Bertz CT molecular complexity index is 4420. The van der Waals surface area contributed by atoms with Gasteiger partial charge in [0.25, 0.3) is 0 Å². The zero-order chi connectivity index (χ0) is 92.5. The van der Waals surface area contributed by atoms with E-state index in [-0.39, 0.29) is 51.2 Å². The van der Waals surface area contributed by atoms with Crippen molar-refractivity contribution in [3.63, 3.8) is 0 Å². The summed E-state index contributed by atoms with van der Waals surface area (Å²) < 4.78 is 30.1. The summed E-state index contributed by atoms with van der Waals surface area (Å²) in [5.74, 6) is -9.61. The Morgan fingerprint density at radius 3 is 1.67 bits per heavy atom. The molecular formula is C92H133N13O18S2. The van der Waals surface area contributed by atoms with Gasteiger partial charge in [-0.2, -0.15) is 0 Å². The Kier molecular flexibility index (Phi) is 38.2. The number of esters is 2. The number of nitrogens with two attached hydrogens (primary N) is 2. The van der Waals surface area contributed by atoms with Crippen LogP contribution in [0.15, 0.2) is 127 Å². The van der Waals surface area contributed by atoms with Gasteiger partial charge in [-0.1, -0.05) is 139 Å². The molecule has 125 heavy (non-hydrogen) atoms. The third-order valence-electron chi connectivity index (χ3n) is 19.5. The second kappa shape index (κ2) is 46.7. The predicted octanol–water partition coefficient (Wildman–Crippen LogP) is 6.52. The van der Waals surface area contributed by atoms with Gasteiger partial charge in [0, 0.05) is 50.4 Å². The van der Waals surface area contributed by atoms with Crippen molar-refractivity contribution in [2.75, 3.05) is 24.6 Å². The maximum atomic E-state index is 15.8.